The number of benzene rings is 1. The highest BCUT2D eigenvalue weighted by Crippen LogP contribution is 2.13. The Bertz CT molecular complexity index is 355. The number of anilines is 1. The molecule has 1 rings (SSSR count). The Kier molecular flexibility index (Phi) is 4.76. The molecule has 1 unspecified atom stereocenters. The van der Waals surface area contributed by atoms with Crippen LogP contribution in [0.3, 0.4) is 0 Å². The van der Waals surface area contributed by atoms with Gasteiger partial charge in [0.25, 0.3) is 0 Å². The predicted octanol–water partition coefficient (Wildman–Crippen LogP) is 2.88. The van der Waals surface area contributed by atoms with Crippen molar-refractivity contribution < 1.29 is 14.3 Å². The van der Waals surface area contributed by atoms with E-state index in [0.29, 0.717) is 12.1 Å². The Labute approximate surface area is 94.3 Å². The lowest BCUT2D eigenvalue weighted by Gasteiger charge is -2.15. The van der Waals surface area contributed by atoms with Crippen molar-refractivity contribution in [2.24, 2.45) is 0 Å². The first-order chi connectivity index (χ1) is 7.63. The highest BCUT2D eigenvalue weighted by atomic mass is 19.1. The number of aliphatic carboxylic acids is 1. The van der Waals surface area contributed by atoms with Crippen molar-refractivity contribution in [1.82, 2.24) is 0 Å². The van der Waals surface area contributed by atoms with Gasteiger partial charge in [0.1, 0.15) is 11.9 Å². The third-order valence-corrected chi connectivity index (χ3v) is 2.31. The second-order valence-electron chi connectivity index (χ2n) is 3.69. The van der Waals surface area contributed by atoms with Gasteiger partial charge in [0.05, 0.1) is 0 Å². The van der Waals surface area contributed by atoms with Crippen LogP contribution >= 0.6 is 0 Å². The summed E-state index contributed by atoms with van der Waals surface area (Å²) >= 11 is 0. The van der Waals surface area contributed by atoms with Crippen molar-refractivity contribution in [3.63, 3.8) is 0 Å². The van der Waals surface area contributed by atoms with Crippen LogP contribution in [0.15, 0.2) is 24.3 Å². The fraction of sp³-hybridized carbons (Fsp3) is 0.417. The molecule has 88 valence electrons. The Morgan fingerprint density at radius 2 is 2.31 bits per heavy atom. The molecule has 1 aromatic carbocycles. The first kappa shape index (κ1) is 12.5. The molecular weight excluding hydrogens is 209 g/mol. The summed E-state index contributed by atoms with van der Waals surface area (Å²) in [6.45, 7) is 2.00. The van der Waals surface area contributed by atoms with E-state index in [-0.39, 0.29) is 5.82 Å². The number of carbonyl (C=O) groups is 1. The topological polar surface area (TPSA) is 49.3 Å². The van der Waals surface area contributed by atoms with E-state index in [1.54, 1.807) is 12.1 Å². The normalized spacial score (nSPS) is 12.1. The maximum Gasteiger partial charge on any atom is 0.326 e. The van der Waals surface area contributed by atoms with Gasteiger partial charge in [0, 0.05) is 5.69 Å². The standard InChI is InChI=1S/C12H16FNO2/c1-2-3-7-11(12(15)16)14-10-6-4-5-9(13)8-10/h4-6,8,11,14H,2-3,7H2,1H3,(H,15,16). The Morgan fingerprint density at radius 1 is 1.56 bits per heavy atom. The van der Waals surface area contributed by atoms with Crippen LogP contribution in [0.25, 0.3) is 0 Å². The molecule has 3 nitrogen and oxygen atoms in total. The summed E-state index contributed by atoms with van der Waals surface area (Å²) < 4.78 is 12.9. The minimum atomic E-state index is -0.905. The number of hydrogen-bond acceptors (Lipinski definition) is 2. The summed E-state index contributed by atoms with van der Waals surface area (Å²) in [7, 11) is 0. The van der Waals surface area contributed by atoms with Gasteiger partial charge in [0.2, 0.25) is 0 Å². The van der Waals surface area contributed by atoms with E-state index in [1.807, 2.05) is 6.92 Å². The highest BCUT2D eigenvalue weighted by molar-refractivity contribution is 5.77. The van der Waals surface area contributed by atoms with Crippen LogP contribution in [0.5, 0.6) is 0 Å². The van der Waals surface area contributed by atoms with Crippen molar-refractivity contribution in [1.29, 1.82) is 0 Å². The third-order valence-electron chi connectivity index (χ3n) is 2.31. The number of carboxylic acids is 1. The van der Waals surface area contributed by atoms with Crippen LogP contribution in [0, 0.1) is 5.82 Å². The molecule has 0 saturated carbocycles. The van der Waals surface area contributed by atoms with Gasteiger partial charge in [-0.3, -0.25) is 0 Å². The molecule has 0 saturated heterocycles. The van der Waals surface area contributed by atoms with Crippen molar-refractivity contribution in [3.8, 4) is 0 Å². The molecule has 0 radical (unpaired) electrons. The van der Waals surface area contributed by atoms with E-state index in [9.17, 15) is 9.18 Å². The van der Waals surface area contributed by atoms with E-state index in [2.05, 4.69) is 5.32 Å². The monoisotopic (exact) mass is 225 g/mol. The smallest absolute Gasteiger partial charge is 0.326 e. The van der Waals surface area contributed by atoms with E-state index < -0.39 is 12.0 Å². The molecular formula is C12H16FNO2. The van der Waals surface area contributed by atoms with Gasteiger partial charge >= 0.3 is 5.97 Å². The number of unbranched alkanes of at least 4 members (excludes halogenated alkanes) is 1. The molecule has 1 atom stereocenters. The lowest BCUT2D eigenvalue weighted by molar-refractivity contribution is -0.138. The summed E-state index contributed by atoms with van der Waals surface area (Å²) in [5.41, 5.74) is 0.503. The number of hydrogen-bond donors (Lipinski definition) is 2. The number of rotatable bonds is 6. The molecule has 0 spiro atoms. The largest absolute Gasteiger partial charge is 0.480 e. The summed E-state index contributed by atoms with van der Waals surface area (Å²) in [6, 6.07) is 5.18. The Hall–Kier alpha value is -1.58. The van der Waals surface area contributed by atoms with Gasteiger partial charge in [-0.1, -0.05) is 25.8 Å². The molecule has 0 aliphatic heterocycles. The first-order valence-corrected chi connectivity index (χ1v) is 5.38. The third kappa shape index (κ3) is 3.88. The molecule has 1 aromatic rings. The molecule has 0 fully saturated rings. The zero-order valence-corrected chi connectivity index (χ0v) is 9.24. The number of nitrogens with one attached hydrogen (secondary N) is 1. The quantitative estimate of drug-likeness (QED) is 0.782. The molecule has 0 heterocycles. The summed E-state index contributed by atoms with van der Waals surface area (Å²) in [6.07, 6.45) is 2.32. The second kappa shape index (κ2) is 6.10. The van der Waals surface area contributed by atoms with E-state index in [4.69, 9.17) is 5.11 Å². The fourth-order valence-corrected chi connectivity index (χ4v) is 1.45. The lowest BCUT2D eigenvalue weighted by Crippen LogP contribution is -2.29. The predicted molar refractivity (Wildman–Crippen MR) is 61.0 cm³/mol. The zero-order chi connectivity index (χ0) is 12.0. The second-order valence-corrected chi connectivity index (χ2v) is 3.69. The van der Waals surface area contributed by atoms with Crippen LogP contribution in [0.2, 0.25) is 0 Å². The van der Waals surface area contributed by atoms with E-state index >= 15 is 0 Å². The molecule has 2 N–H and O–H groups in total. The molecule has 0 bridgehead atoms. The van der Waals surface area contributed by atoms with Crippen LogP contribution in [0.4, 0.5) is 10.1 Å². The molecule has 0 aliphatic rings. The lowest BCUT2D eigenvalue weighted by atomic mass is 10.1. The highest BCUT2D eigenvalue weighted by Gasteiger charge is 2.16. The van der Waals surface area contributed by atoms with Gasteiger partial charge in [-0.15, -0.1) is 0 Å². The van der Waals surface area contributed by atoms with E-state index in [1.165, 1.54) is 12.1 Å². The van der Waals surface area contributed by atoms with Crippen LogP contribution in [0.1, 0.15) is 26.2 Å². The van der Waals surface area contributed by atoms with Gasteiger partial charge in [-0.05, 0) is 24.6 Å². The number of halogens is 1. The zero-order valence-electron chi connectivity index (χ0n) is 9.24. The van der Waals surface area contributed by atoms with Gasteiger partial charge < -0.3 is 10.4 Å². The van der Waals surface area contributed by atoms with Crippen molar-refractivity contribution in [2.45, 2.75) is 32.2 Å². The summed E-state index contributed by atoms with van der Waals surface area (Å²) in [5.74, 6) is -1.28. The van der Waals surface area contributed by atoms with Crippen LogP contribution in [-0.2, 0) is 4.79 Å². The SMILES string of the molecule is CCCCC(Nc1cccc(F)c1)C(=O)O. The summed E-state index contributed by atoms with van der Waals surface area (Å²) in [5, 5.41) is 11.8. The molecule has 4 heteroatoms. The average Bonchev–Trinajstić information content (AvgIpc) is 2.24. The molecule has 0 aliphatic carbocycles. The van der Waals surface area contributed by atoms with E-state index in [0.717, 1.165) is 12.8 Å². The minimum Gasteiger partial charge on any atom is -0.480 e. The van der Waals surface area contributed by atoms with Gasteiger partial charge in [-0.25, -0.2) is 9.18 Å². The summed E-state index contributed by atoms with van der Waals surface area (Å²) in [4.78, 5) is 10.9. The fourth-order valence-electron chi connectivity index (χ4n) is 1.45. The van der Waals surface area contributed by atoms with Crippen LogP contribution in [-0.4, -0.2) is 17.1 Å². The van der Waals surface area contributed by atoms with Gasteiger partial charge in [0.15, 0.2) is 0 Å². The molecule has 0 amide bonds. The van der Waals surface area contributed by atoms with Crippen molar-refractivity contribution in [2.75, 3.05) is 5.32 Å². The molecule has 16 heavy (non-hydrogen) atoms. The first-order valence-electron chi connectivity index (χ1n) is 5.38. The Morgan fingerprint density at radius 3 is 2.88 bits per heavy atom. The maximum atomic E-state index is 12.9. The van der Waals surface area contributed by atoms with Gasteiger partial charge in [-0.2, -0.15) is 0 Å². The molecule has 0 aromatic heterocycles. The van der Waals surface area contributed by atoms with Crippen LogP contribution < -0.4 is 5.32 Å². The minimum absolute atomic E-state index is 0.371. The average molecular weight is 225 g/mol. The number of carboxylic acid groups (broad SMARTS) is 1. The van der Waals surface area contributed by atoms with Crippen molar-refractivity contribution in [3.05, 3.63) is 30.1 Å². The maximum absolute atomic E-state index is 12.9. The Balaban J connectivity index is 2.64. The van der Waals surface area contributed by atoms with Crippen molar-refractivity contribution >= 4 is 11.7 Å².